The van der Waals surface area contributed by atoms with Crippen molar-refractivity contribution in [3.8, 4) is 5.75 Å². The number of fused-ring (bicyclic) bond motifs is 2. The summed E-state index contributed by atoms with van der Waals surface area (Å²) in [6.07, 6.45) is 0. The number of carbonyl (C=O) groups is 2. The monoisotopic (exact) mass is 356 g/mol. The van der Waals surface area contributed by atoms with Crippen molar-refractivity contribution >= 4 is 11.9 Å². The minimum atomic E-state index is -1.03. The standard InChI is InChI=1S/C18H20N4O4/c1-9-4-12-13(8-26-15(12)5-10(9)2)17(23)22-7-16-20-19-11(3)21(16)6-14(22)18(24)25/h4-5,13-14H,6-8H2,1-3H3,(H,24,25). The third kappa shape index (κ3) is 2.44. The van der Waals surface area contributed by atoms with Crippen LogP contribution in [0.25, 0.3) is 0 Å². The smallest absolute Gasteiger partial charge is 0.328 e. The maximum atomic E-state index is 13.2. The van der Waals surface area contributed by atoms with E-state index in [9.17, 15) is 14.7 Å². The highest BCUT2D eigenvalue weighted by Gasteiger charge is 2.41. The predicted octanol–water partition coefficient (Wildman–Crippen LogP) is 1.17. The highest BCUT2D eigenvalue weighted by Crippen LogP contribution is 2.38. The molecule has 2 aliphatic heterocycles. The third-order valence-electron chi connectivity index (χ3n) is 5.33. The molecular weight excluding hydrogens is 336 g/mol. The van der Waals surface area contributed by atoms with Crippen LogP contribution in [0.3, 0.4) is 0 Å². The number of carboxylic acid groups (broad SMARTS) is 1. The van der Waals surface area contributed by atoms with Gasteiger partial charge in [-0.15, -0.1) is 10.2 Å². The molecule has 1 N–H and O–H groups in total. The molecule has 0 fully saturated rings. The van der Waals surface area contributed by atoms with Gasteiger partial charge in [0.2, 0.25) is 5.91 Å². The molecule has 2 unspecified atom stereocenters. The van der Waals surface area contributed by atoms with Crippen LogP contribution in [0.2, 0.25) is 0 Å². The zero-order valence-corrected chi connectivity index (χ0v) is 14.9. The van der Waals surface area contributed by atoms with Crippen LogP contribution in [0.15, 0.2) is 12.1 Å². The Morgan fingerprint density at radius 3 is 2.65 bits per heavy atom. The van der Waals surface area contributed by atoms with Gasteiger partial charge in [0.05, 0.1) is 13.1 Å². The first-order chi connectivity index (χ1) is 12.4. The van der Waals surface area contributed by atoms with E-state index in [-0.39, 0.29) is 25.6 Å². The van der Waals surface area contributed by atoms with Crippen molar-refractivity contribution in [3.05, 3.63) is 40.5 Å². The van der Waals surface area contributed by atoms with E-state index in [1.54, 1.807) is 11.5 Å². The van der Waals surface area contributed by atoms with Crippen LogP contribution >= 0.6 is 0 Å². The van der Waals surface area contributed by atoms with Crippen molar-refractivity contribution in [2.45, 2.75) is 45.8 Å². The van der Waals surface area contributed by atoms with Gasteiger partial charge in [0.15, 0.2) is 5.82 Å². The zero-order valence-electron chi connectivity index (χ0n) is 14.9. The summed E-state index contributed by atoms with van der Waals surface area (Å²) in [6.45, 7) is 6.27. The van der Waals surface area contributed by atoms with Crippen molar-refractivity contribution in [3.63, 3.8) is 0 Å². The van der Waals surface area contributed by atoms with Crippen molar-refractivity contribution in [1.82, 2.24) is 19.7 Å². The number of aromatic nitrogens is 3. The number of benzene rings is 1. The highest BCUT2D eigenvalue weighted by atomic mass is 16.5. The van der Waals surface area contributed by atoms with Crippen LogP contribution in [0.5, 0.6) is 5.75 Å². The van der Waals surface area contributed by atoms with E-state index < -0.39 is 17.9 Å². The fourth-order valence-electron chi connectivity index (χ4n) is 3.63. The molecule has 0 aliphatic carbocycles. The lowest BCUT2D eigenvalue weighted by Gasteiger charge is -2.34. The highest BCUT2D eigenvalue weighted by molar-refractivity contribution is 5.89. The maximum Gasteiger partial charge on any atom is 0.328 e. The van der Waals surface area contributed by atoms with Gasteiger partial charge in [-0.05, 0) is 38.0 Å². The first-order valence-corrected chi connectivity index (χ1v) is 8.52. The average Bonchev–Trinajstić information content (AvgIpc) is 3.17. The van der Waals surface area contributed by atoms with E-state index in [2.05, 4.69) is 10.2 Å². The van der Waals surface area contributed by atoms with Gasteiger partial charge >= 0.3 is 5.97 Å². The van der Waals surface area contributed by atoms with E-state index in [0.29, 0.717) is 17.4 Å². The Morgan fingerprint density at radius 1 is 1.19 bits per heavy atom. The molecule has 0 radical (unpaired) electrons. The molecule has 3 heterocycles. The Kier molecular flexibility index (Phi) is 3.71. The predicted molar refractivity (Wildman–Crippen MR) is 90.9 cm³/mol. The summed E-state index contributed by atoms with van der Waals surface area (Å²) in [4.78, 5) is 26.4. The quantitative estimate of drug-likeness (QED) is 0.868. The van der Waals surface area contributed by atoms with Gasteiger partial charge in [-0.1, -0.05) is 6.07 Å². The second-order valence-electron chi connectivity index (χ2n) is 6.93. The van der Waals surface area contributed by atoms with Gasteiger partial charge < -0.3 is 19.3 Å². The van der Waals surface area contributed by atoms with Gasteiger partial charge in [-0.25, -0.2) is 4.79 Å². The fraction of sp³-hybridized carbons (Fsp3) is 0.444. The minimum Gasteiger partial charge on any atom is -0.492 e. The number of rotatable bonds is 2. The van der Waals surface area contributed by atoms with Gasteiger partial charge in [0.25, 0.3) is 0 Å². The molecule has 2 atom stereocenters. The van der Waals surface area contributed by atoms with E-state index in [1.165, 1.54) is 4.90 Å². The summed E-state index contributed by atoms with van der Waals surface area (Å²) < 4.78 is 7.46. The van der Waals surface area contributed by atoms with Crippen molar-refractivity contribution in [1.29, 1.82) is 0 Å². The lowest BCUT2D eigenvalue weighted by Crippen LogP contribution is -2.52. The number of nitrogens with zero attached hydrogens (tertiary/aromatic N) is 4. The second-order valence-corrected chi connectivity index (χ2v) is 6.93. The number of hydrogen-bond donors (Lipinski definition) is 1. The number of carboxylic acids is 1. The summed E-state index contributed by atoms with van der Waals surface area (Å²) in [5.41, 5.74) is 3.00. The molecule has 26 heavy (non-hydrogen) atoms. The normalized spacial score (nSPS) is 21.1. The van der Waals surface area contributed by atoms with E-state index in [0.717, 1.165) is 16.7 Å². The molecule has 0 saturated heterocycles. The Morgan fingerprint density at radius 2 is 1.92 bits per heavy atom. The second kappa shape index (κ2) is 5.82. The summed E-state index contributed by atoms with van der Waals surface area (Å²) in [5, 5.41) is 17.7. The number of hydrogen-bond acceptors (Lipinski definition) is 5. The first-order valence-electron chi connectivity index (χ1n) is 8.52. The Balaban J connectivity index is 1.68. The summed E-state index contributed by atoms with van der Waals surface area (Å²) in [6, 6.07) is 2.95. The van der Waals surface area contributed by atoms with Gasteiger partial charge in [0.1, 0.15) is 30.1 Å². The van der Waals surface area contributed by atoms with Crippen LogP contribution in [0, 0.1) is 20.8 Å². The zero-order chi connectivity index (χ0) is 18.6. The van der Waals surface area contributed by atoms with E-state index in [1.807, 2.05) is 26.0 Å². The van der Waals surface area contributed by atoms with Gasteiger partial charge in [-0.2, -0.15) is 0 Å². The molecular formula is C18H20N4O4. The number of amides is 1. The summed E-state index contributed by atoms with van der Waals surface area (Å²) >= 11 is 0. The van der Waals surface area contributed by atoms with Crippen molar-refractivity contribution in [2.75, 3.05) is 6.61 Å². The van der Waals surface area contributed by atoms with Gasteiger partial charge in [-0.3, -0.25) is 4.79 Å². The largest absolute Gasteiger partial charge is 0.492 e. The Labute approximate surface area is 150 Å². The molecule has 2 aliphatic rings. The molecule has 1 aromatic carbocycles. The summed E-state index contributed by atoms with van der Waals surface area (Å²) in [5.74, 6) is 0.185. The van der Waals surface area contributed by atoms with Crippen molar-refractivity contribution < 1.29 is 19.4 Å². The van der Waals surface area contributed by atoms with E-state index in [4.69, 9.17) is 4.74 Å². The fourth-order valence-corrected chi connectivity index (χ4v) is 3.63. The lowest BCUT2D eigenvalue weighted by molar-refractivity contribution is -0.153. The molecule has 0 bridgehead atoms. The molecule has 0 spiro atoms. The number of aryl methyl sites for hydroxylation is 3. The van der Waals surface area contributed by atoms with Crippen LogP contribution < -0.4 is 4.74 Å². The minimum absolute atomic E-state index is 0.132. The molecule has 1 amide bonds. The van der Waals surface area contributed by atoms with Crippen LogP contribution in [0.4, 0.5) is 0 Å². The Hall–Kier alpha value is -2.90. The molecule has 2 aromatic rings. The van der Waals surface area contributed by atoms with Crippen LogP contribution in [-0.2, 0) is 22.7 Å². The van der Waals surface area contributed by atoms with E-state index >= 15 is 0 Å². The van der Waals surface area contributed by atoms with Gasteiger partial charge in [0, 0.05) is 5.56 Å². The lowest BCUT2D eigenvalue weighted by atomic mass is 9.95. The summed E-state index contributed by atoms with van der Waals surface area (Å²) in [7, 11) is 0. The van der Waals surface area contributed by atoms with Crippen LogP contribution in [0.1, 0.15) is 34.3 Å². The number of carbonyl (C=O) groups excluding carboxylic acids is 1. The molecule has 8 nitrogen and oxygen atoms in total. The SMILES string of the molecule is Cc1cc2c(cc1C)C(C(=O)N1Cc3nnc(C)n3CC1C(=O)O)CO2. The topological polar surface area (TPSA) is 97.6 Å². The molecule has 1 aromatic heterocycles. The first kappa shape index (κ1) is 16.6. The number of ether oxygens (including phenoxy) is 1. The third-order valence-corrected chi connectivity index (χ3v) is 5.33. The van der Waals surface area contributed by atoms with Crippen LogP contribution in [-0.4, -0.2) is 49.3 Å². The molecule has 0 saturated carbocycles. The molecule has 4 rings (SSSR count). The maximum absolute atomic E-state index is 13.2. The number of aliphatic carboxylic acids is 1. The molecule has 8 heteroatoms. The molecule has 136 valence electrons. The average molecular weight is 356 g/mol. The van der Waals surface area contributed by atoms with Crippen molar-refractivity contribution in [2.24, 2.45) is 0 Å². The Bertz CT molecular complexity index is 920.